The molecule has 0 radical (unpaired) electrons. The maximum atomic E-state index is 10.8. The number of carboxylic acid groups (broad SMARTS) is 1. The fraction of sp³-hybridized carbons (Fsp3) is 0.308. The van der Waals surface area contributed by atoms with E-state index in [9.17, 15) is 4.79 Å². The second-order valence-electron chi connectivity index (χ2n) is 3.86. The molecule has 0 heterocycles. The molecular formula is C13H15NO2. The van der Waals surface area contributed by atoms with Crippen molar-refractivity contribution in [3.63, 3.8) is 0 Å². The van der Waals surface area contributed by atoms with E-state index >= 15 is 0 Å². The molecule has 1 rings (SSSR count). The first-order valence-electron chi connectivity index (χ1n) is 4.96. The minimum Gasteiger partial charge on any atom is -0.481 e. The van der Waals surface area contributed by atoms with Crippen LogP contribution in [0.5, 0.6) is 0 Å². The van der Waals surface area contributed by atoms with Gasteiger partial charge in [0.25, 0.3) is 0 Å². The maximum Gasteiger partial charge on any atom is 0.307 e. The highest BCUT2D eigenvalue weighted by Crippen LogP contribution is 2.28. The lowest BCUT2D eigenvalue weighted by Gasteiger charge is -2.16. The number of rotatable bonds is 2. The summed E-state index contributed by atoms with van der Waals surface area (Å²) in [5.74, 6) is 1.69. The van der Waals surface area contributed by atoms with Gasteiger partial charge in [0.2, 0.25) is 0 Å². The van der Waals surface area contributed by atoms with Gasteiger partial charge in [0, 0.05) is 11.3 Å². The molecule has 1 aromatic rings. The van der Waals surface area contributed by atoms with Gasteiger partial charge >= 0.3 is 5.97 Å². The fourth-order valence-corrected chi connectivity index (χ4v) is 1.92. The summed E-state index contributed by atoms with van der Waals surface area (Å²) in [5.41, 5.74) is 10.5. The lowest BCUT2D eigenvalue weighted by atomic mass is 9.90. The smallest absolute Gasteiger partial charge is 0.307 e. The summed E-state index contributed by atoms with van der Waals surface area (Å²) in [7, 11) is 0. The van der Waals surface area contributed by atoms with E-state index in [0.29, 0.717) is 11.3 Å². The third kappa shape index (κ3) is 1.87. The molecule has 3 nitrogen and oxygen atoms in total. The molecule has 0 spiro atoms. The zero-order valence-electron chi connectivity index (χ0n) is 9.72. The number of nitrogen functional groups attached to an aromatic ring is 1. The normalized spacial score (nSPS) is 9.88. The van der Waals surface area contributed by atoms with Crippen molar-refractivity contribution in [3.05, 3.63) is 27.8 Å². The molecular weight excluding hydrogens is 202 g/mol. The molecule has 0 unspecified atom stereocenters. The van der Waals surface area contributed by atoms with Crippen LogP contribution in [0.3, 0.4) is 0 Å². The Morgan fingerprint density at radius 3 is 2.31 bits per heavy atom. The topological polar surface area (TPSA) is 63.3 Å². The Hall–Kier alpha value is -1.95. The molecule has 3 heteroatoms. The largest absolute Gasteiger partial charge is 0.481 e. The van der Waals surface area contributed by atoms with Crippen molar-refractivity contribution in [2.75, 3.05) is 5.73 Å². The Bertz CT molecular complexity index is 496. The van der Waals surface area contributed by atoms with Crippen LogP contribution >= 0.6 is 0 Å². The number of benzene rings is 1. The molecule has 0 atom stereocenters. The van der Waals surface area contributed by atoms with Crippen LogP contribution in [0.15, 0.2) is 0 Å². The Kier molecular flexibility index (Phi) is 3.24. The quantitative estimate of drug-likeness (QED) is 0.586. The van der Waals surface area contributed by atoms with Gasteiger partial charge in [-0.15, -0.1) is 6.42 Å². The maximum absolute atomic E-state index is 10.8. The summed E-state index contributed by atoms with van der Waals surface area (Å²) in [6.07, 6.45) is 5.37. The summed E-state index contributed by atoms with van der Waals surface area (Å²) in [6.45, 7) is 5.52. The summed E-state index contributed by atoms with van der Waals surface area (Å²) >= 11 is 0. The zero-order valence-corrected chi connectivity index (χ0v) is 9.72. The van der Waals surface area contributed by atoms with Crippen LogP contribution < -0.4 is 5.73 Å². The van der Waals surface area contributed by atoms with Crippen molar-refractivity contribution in [3.8, 4) is 12.3 Å². The highest BCUT2D eigenvalue weighted by atomic mass is 16.4. The lowest BCUT2D eigenvalue weighted by molar-refractivity contribution is -0.136. The van der Waals surface area contributed by atoms with E-state index in [2.05, 4.69) is 5.92 Å². The molecule has 84 valence electrons. The van der Waals surface area contributed by atoms with E-state index in [-0.39, 0.29) is 6.42 Å². The van der Waals surface area contributed by atoms with Crippen LogP contribution in [-0.4, -0.2) is 11.1 Å². The van der Waals surface area contributed by atoms with Crippen LogP contribution in [0, 0.1) is 33.1 Å². The van der Waals surface area contributed by atoms with Gasteiger partial charge in [0.05, 0.1) is 6.42 Å². The number of anilines is 1. The highest BCUT2D eigenvalue weighted by molar-refractivity contribution is 5.75. The van der Waals surface area contributed by atoms with E-state index in [1.807, 2.05) is 20.8 Å². The average Bonchev–Trinajstić information content (AvgIpc) is 2.22. The van der Waals surface area contributed by atoms with Gasteiger partial charge in [-0.3, -0.25) is 4.79 Å². The predicted octanol–water partition coefficient (Wildman–Crippen LogP) is 1.80. The molecule has 16 heavy (non-hydrogen) atoms. The molecule has 0 aliphatic carbocycles. The predicted molar refractivity (Wildman–Crippen MR) is 64.3 cm³/mol. The van der Waals surface area contributed by atoms with Gasteiger partial charge in [-0.2, -0.15) is 0 Å². The van der Waals surface area contributed by atoms with Gasteiger partial charge in [-0.25, -0.2) is 0 Å². The van der Waals surface area contributed by atoms with E-state index in [1.54, 1.807) is 0 Å². The van der Waals surface area contributed by atoms with Gasteiger partial charge in [0.1, 0.15) is 0 Å². The first-order valence-corrected chi connectivity index (χ1v) is 4.96. The van der Waals surface area contributed by atoms with Gasteiger partial charge in [0.15, 0.2) is 0 Å². The van der Waals surface area contributed by atoms with Crippen molar-refractivity contribution in [1.82, 2.24) is 0 Å². The average molecular weight is 217 g/mol. The number of terminal acetylenes is 1. The minimum atomic E-state index is -0.877. The standard InChI is InChI=1S/C13H15NO2/c1-5-10-7(2)11(6-12(15)16)9(4)13(14)8(10)3/h1H,6,14H2,2-4H3,(H,15,16). The van der Waals surface area contributed by atoms with Crippen molar-refractivity contribution < 1.29 is 9.90 Å². The van der Waals surface area contributed by atoms with Crippen LogP contribution in [0.2, 0.25) is 0 Å². The third-order valence-electron chi connectivity index (χ3n) is 2.94. The van der Waals surface area contributed by atoms with Crippen molar-refractivity contribution in [2.45, 2.75) is 27.2 Å². The molecule has 0 aliphatic rings. The Labute approximate surface area is 95.3 Å². The van der Waals surface area contributed by atoms with Crippen LogP contribution in [-0.2, 0) is 11.2 Å². The number of hydrogen-bond acceptors (Lipinski definition) is 2. The van der Waals surface area contributed by atoms with Crippen LogP contribution in [0.4, 0.5) is 5.69 Å². The summed E-state index contributed by atoms with van der Waals surface area (Å²) in [4.78, 5) is 10.8. The minimum absolute atomic E-state index is 0.0448. The van der Waals surface area contributed by atoms with Crippen molar-refractivity contribution in [1.29, 1.82) is 0 Å². The third-order valence-corrected chi connectivity index (χ3v) is 2.94. The lowest BCUT2D eigenvalue weighted by Crippen LogP contribution is -2.09. The van der Waals surface area contributed by atoms with E-state index < -0.39 is 5.97 Å². The second kappa shape index (κ2) is 4.28. The highest BCUT2D eigenvalue weighted by Gasteiger charge is 2.15. The van der Waals surface area contributed by atoms with Crippen LogP contribution in [0.25, 0.3) is 0 Å². The number of carboxylic acids is 1. The summed E-state index contributed by atoms with van der Waals surface area (Å²) in [5, 5.41) is 8.85. The summed E-state index contributed by atoms with van der Waals surface area (Å²) < 4.78 is 0. The number of nitrogens with two attached hydrogens (primary N) is 1. The molecule has 0 aromatic heterocycles. The van der Waals surface area contributed by atoms with Crippen molar-refractivity contribution >= 4 is 11.7 Å². The van der Waals surface area contributed by atoms with Gasteiger partial charge in [-0.05, 0) is 43.0 Å². The zero-order chi connectivity index (χ0) is 12.5. The Balaban J connectivity index is 3.56. The molecule has 0 saturated carbocycles. The summed E-state index contributed by atoms with van der Waals surface area (Å²) in [6, 6.07) is 0. The number of carbonyl (C=O) groups is 1. The first kappa shape index (κ1) is 12.1. The van der Waals surface area contributed by atoms with Gasteiger partial charge < -0.3 is 10.8 Å². The molecule has 1 aromatic carbocycles. The number of aliphatic carboxylic acids is 1. The van der Waals surface area contributed by atoms with E-state index in [4.69, 9.17) is 17.3 Å². The second-order valence-corrected chi connectivity index (χ2v) is 3.86. The molecule has 0 bridgehead atoms. The Morgan fingerprint density at radius 2 is 1.88 bits per heavy atom. The molecule has 0 saturated heterocycles. The molecule has 0 aliphatic heterocycles. The van der Waals surface area contributed by atoms with E-state index in [1.165, 1.54) is 0 Å². The fourth-order valence-electron chi connectivity index (χ4n) is 1.92. The Morgan fingerprint density at radius 1 is 1.31 bits per heavy atom. The van der Waals surface area contributed by atoms with E-state index in [0.717, 1.165) is 22.3 Å². The first-order chi connectivity index (χ1) is 7.40. The van der Waals surface area contributed by atoms with Gasteiger partial charge in [-0.1, -0.05) is 5.92 Å². The molecule has 0 fully saturated rings. The SMILES string of the molecule is C#Cc1c(C)c(N)c(C)c(CC(=O)O)c1C. The molecule has 0 amide bonds. The molecule has 3 N–H and O–H groups in total. The number of hydrogen-bond donors (Lipinski definition) is 2. The van der Waals surface area contributed by atoms with Crippen LogP contribution in [0.1, 0.15) is 27.8 Å². The van der Waals surface area contributed by atoms with Crippen molar-refractivity contribution in [2.24, 2.45) is 0 Å². The monoisotopic (exact) mass is 217 g/mol.